The summed E-state index contributed by atoms with van der Waals surface area (Å²) in [4.78, 5) is 25.3. The SMILES string of the molecule is C=CCOC(=O)[C@@H]1[C@H](c2ccc(C(C)C)cc2)c2c([nH][nH]c2=O)C[C@@]1(C)O. The molecule has 0 radical (unpaired) electrons. The second-order valence-corrected chi connectivity index (χ2v) is 7.70. The van der Waals surface area contributed by atoms with E-state index >= 15 is 0 Å². The molecule has 0 saturated heterocycles. The van der Waals surface area contributed by atoms with Crippen LogP contribution in [-0.4, -0.2) is 33.5 Å². The van der Waals surface area contributed by atoms with Gasteiger partial charge in [-0.15, -0.1) is 0 Å². The molecule has 0 fully saturated rings. The van der Waals surface area contributed by atoms with E-state index < -0.39 is 23.4 Å². The quantitative estimate of drug-likeness (QED) is 0.557. The largest absolute Gasteiger partial charge is 0.461 e. The zero-order valence-electron chi connectivity index (χ0n) is 15.9. The normalized spacial score (nSPS) is 24.5. The number of carbonyl (C=O) groups is 1. The van der Waals surface area contributed by atoms with Gasteiger partial charge in [0.2, 0.25) is 0 Å². The van der Waals surface area contributed by atoms with Crippen molar-refractivity contribution in [1.29, 1.82) is 0 Å². The second-order valence-electron chi connectivity index (χ2n) is 7.70. The highest BCUT2D eigenvalue weighted by molar-refractivity contribution is 5.77. The molecule has 0 unspecified atom stereocenters. The van der Waals surface area contributed by atoms with Crippen molar-refractivity contribution in [3.05, 3.63) is 69.7 Å². The molecule has 1 aromatic carbocycles. The molecular weight excluding hydrogens is 344 g/mol. The Morgan fingerprint density at radius 3 is 2.63 bits per heavy atom. The van der Waals surface area contributed by atoms with Gasteiger partial charge in [-0.25, -0.2) is 0 Å². The zero-order chi connectivity index (χ0) is 19.8. The molecule has 0 aliphatic heterocycles. The van der Waals surface area contributed by atoms with E-state index in [9.17, 15) is 14.7 Å². The van der Waals surface area contributed by atoms with Gasteiger partial charge in [0.1, 0.15) is 6.61 Å². The summed E-state index contributed by atoms with van der Waals surface area (Å²) >= 11 is 0. The number of aliphatic hydroxyl groups is 1. The van der Waals surface area contributed by atoms with E-state index in [2.05, 4.69) is 30.6 Å². The van der Waals surface area contributed by atoms with Crippen LogP contribution in [0, 0.1) is 5.92 Å². The number of aromatic amines is 2. The van der Waals surface area contributed by atoms with Crippen molar-refractivity contribution in [2.75, 3.05) is 6.61 Å². The lowest BCUT2D eigenvalue weighted by Crippen LogP contribution is -2.50. The van der Waals surface area contributed by atoms with Gasteiger partial charge in [-0.1, -0.05) is 50.8 Å². The molecule has 1 aliphatic rings. The van der Waals surface area contributed by atoms with Crippen molar-refractivity contribution in [2.45, 2.75) is 44.6 Å². The summed E-state index contributed by atoms with van der Waals surface area (Å²) in [5, 5.41) is 16.5. The van der Waals surface area contributed by atoms with Crippen LogP contribution in [-0.2, 0) is 16.0 Å². The lowest BCUT2D eigenvalue weighted by Gasteiger charge is -2.40. The fourth-order valence-electron chi connectivity index (χ4n) is 3.93. The third-order valence-electron chi connectivity index (χ3n) is 5.31. The highest BCUT2D eigenvalue weighted by Crippen LogP contribution is 2.44. The van der Waals surface area contributed by atoms with E-state index in [1.165, 1.54) is 6.08 Å². The molecule has 6 heteroatoms. The first-order valence-electron chi connectivity index (χ1n) is 9.15. The fourth-order valence-corrected chi connectivity index (χ4v) is 3.93. The monoisotopic (exact) mass is 370 g/mol. The number of nitrogens with one attached hydrogen (secondary N) is 2. The molecule has 2 aromatic rings. The van der Waals surface area contributed by atoms with Crippen molar-refractivity contribution in [3.8, 4) is 0 Å². The molecule has 3 atom stereocenters. The van der Waals surface area contributed by atoms with E-state index in [1.54, 1.807) is 6.92 Å². The highest BCUT2D eigenvalue weighted by Gasteiger charge is 2.51. The van der Waals surface area contributed by atoms with Crippen LogP contribution < -0.4 is 5.56 Å². The molecule has 0 spiro atoms. The smallest absolute Gasteiger partial charge is 0.313 e. The van der Waals surface area contributed by atoms with Gasteiger partial charge in [-0.2, -0.15) is 0 Å². The van der Waals surface area contributed by atoms with Gasteiger partial charge in [0.15, 0.2) is 0 Å². The Morgan fingerprint density at radius 2 is 2.04 bits per heavy atom. The number of carbonyl (C=O) groups excluding carboxylic acids is 1. The van der Waals surface area contributed by atoms with Gasteiger partial charge < -0.3 is 14.9 Å². The van der Waals surface area contributed by atoms with E-state index in [4.69, 9.17) is 4.74 Å². The zero-order valence-corrected chi connectivity index (χ0v) is 15.9. The number of H-pyrrole nitrogens is 2. The minimum absolute atomic E-state index is 0.0563. The Bertz CT molecular complexity index is 890. The Hall–Kier alpha value is -2.60. The average Bonchev–Trinajstić information content (AvgIpc) is 2.97. The van der Waals surface area contributed by atoms with Crippen LogP contribution in [0.2, 0.25) is 0 Å². The van der Waals surface area contributed by atoms with Gasteiger partial charge in [-0.3, -0.25) is 14.7 Å². The lowest BCUT2D eigenvalue weighted by molar-refractivity contribution is -0.158. The van der Waals surface area contributed by atoms with Gasteiger partial charge >= 0.3 is 5.97 Å². The standard InChI is InChI=1S/C21H26N2O4/c1-5-10-27-20(25)18-16(14-8-6-13(7-9-14)12(2)3)17-15(11-21(18,4)26)22-23-19(17)24/h5-9,12,16,18,26H,1,10-11H2,2-4H3,(H2,22,23,24)/t16-,18+,21-/m1/s1. The van der Waals surface area contributed by atoms with Gasteiger partial charge in [0.25, 0.3) is 5.56 Å². The number of hydrogen-bond donors (Lipinski definition) is 3. The number of ether oxygens (including phenoxy) is 1. The summed E-state index contributed by atoms with van der Waals surface area (Å²) in [5.41, 5.74) is 1.43. The summed E-state index contributed by atoms with van der Waals surface area (Å²) < 4.78 is 5.27. The van der Waals surface area contributed by atoms with E-state index in [1.807, 2.05) is 24.3 Å². The fraction of sp³-hybridized carbons (Fsp3) is 0.429. The predicted molar refractivity (Wildman–Crippen MR) is 103 cm³/mol. The van der Waals surface area contributed by atoms with Crippen LogP contribution in [0.1, 0.15) is 55.0 Å². The maximum atomic E-state index is 12.8. The predicted octanol–water partition coefficient (Wildman–Crippen LogP) is 2.61. The summed E-state index contributed by atoms with van der Waals surface area (Å²) in [6.45, 7) is 9.43. The number of benzene rings is 1. The van der Waals surface area contributed by atoms with Crippen LogP contribution >= 0.6 is 0 Å². The van der Waals surface area contributed by atoms with Gasteiger partial charge in [0.05, 0.1) is 11.5 Å². The topological polar surface area (TPSA) is 95.2 Å². The lowest BCUT2D eigenvalue weighted by atomic mass is 9.66. The van der Waals surface area contributed by atoms with Gasteiger partial charge in [0, 0.05) is 23.6 Å². The Balaban J connectivity index is 2.14. The van der Waals surface area contributed by atoms with Crippen LogP contribution in [0.3, 0.4) is 0 Å². The minimum atomic E-state index is -1.36. The molecule has 0 bridgehead atoms. The van der Waals surface area contributed by atoms with Gasteiger partial charge in [-0.05, 0) is 24.0 Å². The number of esters is 1. The first kappa shape index (κ1) is 19.2. The number of hydrogen-bond acceptors (Lipinski definition) is 4. The van der Waals surface area contributed by atoms with Crippen LogP contribution in [0.4, 0.5) is 0 Å². The third kappa shape index (κ3) is 3.49. The molecule has 3 N–H and O–H groups in total. The highest BCUT2D eigenvalue weighted by atomic mass is 16.5. The van der Waals surface area contributed by atoms with Crippen molar-refractivity contribution in [1.82, 2.24) is 10.2 Å². The number of rotatable bonds is 5. The van der Waals surface area contributed by atoms with Crippen molar-refractivity contribution < 1.29 is 14.6 Å². The van der Waals surface area contributed by atoms with Crippen LogP contribution in [0.15, 0.2) is 41.7 Å². The molecule has 6 nitrogen and oxygen atoms in total. The Kier molecular flexibility index (Phi) is 5.11. The molecule has 0 saturated carbocycles. The maximum Gasteiger partial charge on any atom is 0.313 e. The molecule has 27 heavy (non-hydrogen) atoms. The summed E-state index contributed by atoms with van der Waals surface area (Å²) in [5.74, 6) is -1.67. The first-order valence-corrected chi connectivity index (χ1v) is 9.15. The molecule has 144 valence electrons. The Morgan fingerprint density at radius 1 is 1.37 bits per heavy atom. The van der Waals surface area contributed by atoms with Crippen LogP contribution in [0.25, 0.3) is 0 Å². The summed E-state index contributed by atoms with van der Waals surface area (Å²) in [6.07, 6.45) is 1.64. The average molecular weight is 370 g/mol. The van der Waals surface area contributed by atoms with E-state index in [0.29, 0.717) is 17.2 Å². The molecule has 3 rings (SSSR count). The number of fused-ring (bicyclic) bond motifs is 1. The summed E-state index contributed by atoms with van der Waals surface area (Å²) in [7, 11) is 0. The molecule has 1 aromatic heterocycles. The molecule has 0 amide bonds. The third-order valence-corrected chi connectivity index (χ3v) is 5.31. The van der Waals surface area contributed by atoms with E-state index in [0.717, 1.165) is 11.1 Å². The molecule has 1 aliphatic carbocycles. The Labute approximate surface area is 158 Å². The minimum Gasteiger partial charge on any atom is -0.461 e. The molecular formula is C21H26N2O4. The summed E-state index contributed by atoms with van der Waals surface area (Å²) in [6, 6.07) is 7.84. The van der Waals surface area contributed by atoms with Crippen molar-refractivity contribution >= 4 is 5.97 Å². The van der Waals surface area contributed by atoms with E-state index in [-0.39, 0.29) is 18.6 Å². The van der Waals surface area contributed by atoms with Crippen LogP contribution in [0.5, 0.6) is 0 Å². The van der Waals surface area contributed by atoms with Crippen molar-refractivity contribution in [2.24, 2.45) is 5.92 Å². The maximum absolute atomic E-state index is 12.8. The first-order chi connectivity index (χ1) is 12.8. The number of aromatic nitrogens is 2. The second kappa shape index (κ2) is 7.19. The van der Waals surface area contributed by atoms with Crippen molar-refractivity contribution in [3.63, 3.8) is 0 Å². The molecule has 1 heterocycles.